The molecule has 4 heteroatoms. The minimum Gasteiger partial charge on any atom is -0.375 e. The average molecular weight is 317 g/mol. The van der Waals surface area contributed by atoms with Crippen molar-refractivity contribution < 1.29 is 15.0 Å². The number of nitrogens with zero attached hydrogens (tertiary/aromatic N) is 1. The lowest BCUT2D eigenvalue weighted by Gasteiger charge is -2.49. The van der Waals surface area contributed by atoms with Crippen molar-refractivity contribution in [2.45, 2.75) is 11.3 Å². The number of hydrogen-bond donors (Lipinski definition) is 2. The van der Waals surface area contributed by atoms with Crippen LogP contribution in [-0.2, 0) is 11.3 Å². The van der Waals surface area contributed by atoms with Crippen molar-refractivity contribution in [1.82, 2.24) is 4.90 Å². The van der Waals surface area contributed by atoms with E-state index in [-0.39, 0.29) is 5.91 Å². The molecule has 118 valence electrons. The zero-order valence-corrected chi connectivity index (χ0v) is 13.0. The number of rotatable bonds is 0. The summed E-state index contributed by atoms with van der Waals surface area (Å²) in [6, 6.07) is 18.1. The smallest absolute Gasteiger partial charge is 0.256 e. The van der Waals surface area contributed by atoms with Crippen LogP contribution in [0.4, 0.5) is 0 Å². The number of likely N-dealkylation sites (N-methyl/N-ethyl adjacent to an activating group) is 1. The number of carbonyl (C=O) groups excluding carboxylic acids is 1. The van der Waals surface area contributed by atoms with Crippen LogP contribution in [0.1, 0.15) is 27.0 Å². The van der Waals surface area contributed by atoms with Gasteiger partial charge in [-0.3, -0.25) is 4.79 Å². The van der Waals surface area contributed by atoms with Crippen LogP contribution in [-0.4, -0.2) is 28.1 Å². The molecule has 0 fully saturated rings. The molecule has 0 aromatic heterocycles. The number of fused-ring (bicyclic) bond motifs is 5. The molecule has 3 aromatic rings. The highest BCUT2D eigenvalue weighted by Gasteiger charge is 2.65. The number of carbonyl (C=O) groups is 1. The molecule has 0 saturated carbocycles. The maximum Gasteiger partial charge on any atom is 0.256 e. The Hall–Kier alpha value is -2.69. The van der Waals surface area contributed by atoms with Crippen LogP contribution < -0.4 is 0 Å². The van der Waals surface area contributed by atoms with E-state index in [9.17, 15) is 15.0 Å². The molecule has 0 radical (unpaired) electrons. The summed E-state index contributed by atoms with van der Waals surface area (Å²) in [4.78, 5) is 14.1. The Balaban J connectivity index is 2.02. The van der Waals surface area contributed by atoms with Crippen molar-refractivity contribution in [3.8, 4) is 0 Å². The molecule has 1 amide bonds. The van der Waals surface area contributed by atoms with Gasteiger partial charge in [-0.25, -0.2) is 0 Å². The Morgan fingerprint density at radius 3 is 2.21 bits per heavy atom. The van der Waals surface area contributed by atoms with E-state index in [0.717, 1.165) is 10.8 Å². The molecule has 2 aliphatic rings. The zero-order chi connectivity index (χ0) is 16.7. The van der Waals surface area contributed by atoms with E-state index in [0.29, 0.717) is 22.3 Å². The molecule has 0 bridgehead atoms. The molecule has 2 atom stereocenters. The van der Waals surface area contributed by atoms with E-state index < -0.39 is 11.3 Å². The highest BCUT2D eigenvalue weighted by atomic mass is 16.4. The number of hydrogen-bond acceptors (Lipinski definition) is 3. The van der Waals surface area contributed by atoms with Crippen molar-refractivity contribution >= 4 is 16.7 Å². The van der Waals surface area contributed by atoms with Gasteiger partial charge in [-0.05, 0) is 16.8 Å². The summed E-state index contributed by atoms with van der Waals surface area (Å²) >= 11 is 0. The lowest BCUT2D eigenvalue weighted by Crippen LogP contribution is -2.62. The Kier molecular flexibility index (Phi) is 2.31. The summed E-state index contributed by atoms with van der Waals surface area (Å²) in [5, 5.41) is 25.2. The largest absolute Gasteiger partial charge is 0.375 e. The van der Waals surface area contributed by atoms with E-state index in [4.69, 9.17) is 0 Å². The maximum absolute atomic E-state index is 12.8. The fraction of sp³-hybridized carbons (Fsp3) is 0.150. The summed E-state index contributed by atoms with van der Waals surface area (Å²) in [6.07, 6.45) is 0. The highest BCUT2D eigenvalue weighted by Crippen LogP contribution is 2.59. The van der Waals surface area contributed by atoms with E-state index in [2.05, 4.69) is 0 Å². The van der Waals surface area contributed by atoms with Crippen molar-refractivity contribution in [2.75, 3.05) is 7.05 Å². The summed E-state index contributed by atoms with van der Waals surface area (Å²) in [5.74, 6) is -0.303. The van der Waals surface area contributed by atoms with Gasteiger partial charge >= 0.3 is 0 Å². The minimum atomic E-state index is -1.83. The minimum absolute atomic E-state index is 0.303. The third-order valence-corrected chi connectivity index (χ3v) is 5.51. The molecule has 0 spiro atoms. The second-order valence-corrected chi connectivity index (χ2v) is 6.50. The number of benzene rings is 3. The zero-order valence-electron chi connectivity index (χ0n) is 13.0. The molecule has 1 aliphatic carbocycles. The first kappa shape index (κ1) is 13.7. The van der Waals surface area contributed by atoms with Gasteiger partial charge in [0.1, 0.15) is 0 Å². The second kappa shape index (κ2) is 4.04. The van der Waals surface area contributed by atoms with E-state index in [1.54, 1.807) is 30.3 Å². The van der Waals surface area contributed by atoms with Crippen LogP contribution in [0, 0.1) is 0 Å². The Morgan fingerprint density at radius 1 is 0.833 bits per heavy atom. The number of aliphatic hydroxyl groups is 2. The van der Waals surface area contributed by atoms with Gasteiger partial charge < -0.3 is 15.1 Å². The van der Waals surface area contributed by atoms with Crippen molar-refractivity contribution in [3.05, 3.63) is 82.9 Å². The van der Waals surface area contributed by atoms with E-state index in [1.165, 1.54) is 11.9 Å². The average Bonchev–Trinajstić information content (AvgIpc) is 2.83. The van der Waals surface area contributed by atoms with Crippen LogP contribution in [0.5, 0.6) is 0 Å². The van der Waals surface area contributed by atoms with Gasteiger partial charge in [0.25, 0.3) is 5.91 Å². The molecule has 1 heterocycles. The van der Waals surface area contributed by atoms with Gasteiger partial charge in [-0.2, -0.15) is 0 Å². The standard InChI is InChI=1S/C20H15NO3/c1-21-18(22)13-8-2-3-9-14(13)19(23)15-10-4-6-12-7-5-11-16(17(12)15)20(19,21)24/h2-11,23-24H,1H3. The molecule has 2 N–H and O–H groups in total. The van der Waals surface area contributed by atoms with E-state index >= 15 is 0 Å². The van der Waals surface area contributed by atoms with Gasteiger partial charge in [0.2, 0.25) is 5.72 Å². The second-order valence-electron chi connectivity index (χ2n) is 6.50. The molecule has 0 saturated heterocycles. The first-order valence-electron chi connectivity index (χ1n) is 7.86. The molecule has 2 unspecified atom stereocenters. The Bertz CT molecular complexity index is 1040. The van der Waals surface area contributed by atoms with Crippen LogP contribution in [0.2, 0.25) is 0 Å². The van der Waals surface area contributed by atoms with Crippen LogP contribution in [0.25, 0.3) is 10.8 Å². The molecule has 24 heavy (non-hydrogen) atoms. The predicted molar refractivity (Wildman–Crippen MR) is 89.4 cm³/mol. The normalized spacial score (nSPS) is 27.3. The summed E-state index contributed by atoms with van der Waals surface area (Å²) in [5.41, 5.74) is -1.48. The molecular weight excluding hydrogens is 302 g/mol. The van der Waals surface area contributed by atoms with Gasteiger partial charge in [-0.1, -0.05) is 54.6 Å². The van der Waals surface area contributed by atoms with Crippen molar-refractivity contribution in [1.29, 1.82) is 0 Å². The van der Waals surface area contributed by atoms with Crippen LogP contribution >= 0.6 is 0 Å². The first-order valence-corrected chi connectivity index (χ1v) is 7.86. The lowest BCUT2D eigenvalue weighted by atomic mass is 9.74. The molecular formula is C20H15NO3. The molecule has 3 aromatic carbocycles. The topological polar surface area (TPSA) is 60.8 Å². The SMILES string of the molecule is CN1C(=O)c2ccccc2C2(O)c3cccc4cccc(c34)C12O. The van der Waals surface area contributed by atoms with Crippen molar-refractivity contribution in [2.24, 2.45) is 0 Å². The Labute approximate surface area is 138 Å². The quantitative estimate of drug-likeness (QED) is 0.669. The fourth-order valence-electron chi connectivity index (χ4n) is 4.38. The summed E-state index contributed by atoms with van der Waals surface area (Å²) in [7, 11) is 1.54. The summed E-state index contributed by atoms with van der Waals surface area (Å²) < 4.78 is 0. The maximum atomic E-state index is 12.8. The van der Waals surface area contributed by atoms with E-state index in [1.807, 2.05) is 30.3 Å². The molecule has 4 nitrogen and oxygen atoms in total. The monoisotopic (exact) mass is 317 g/mol. The Morgan fingerprint density at radius 2 is 1.46 bits per heavy atom. The summed E-state index contributed by atoms with van der Waals surface area (Å²) in [6.45, 7) is 0. The third kappa shape index (κ3) is 1.20. The predicted octanol–water partition coefficient (Wildman–Crippen LogP) is 2.32. The molecule has 5 rings (SSSR count). The van der Waals surface area contributed by atoms with Crippen molar-refractivity contribution in [3.63, 3.8) is 0 Å². The lowest BCUT2D eigenvalue weighted by molar-refractivity contribution is -0.206. The van der Waals surface area contributed by atoms with Gasteiger partial charge in [0.05, 0.1) is 0 Å². The third-order valence-electron chi connectivity index (χ3n) is 5.51. The van der Waals surface area contributed by atoms with Crippen LogP contribution in [0.15, 0.2) is 60.7 Å². The number of amides is 1. The van der Waals surface area contributed by atoms with Crippen LogP contribution in [0.3, 0.4) is 0 Å². The first-order chi connectivity index (χ1) is 11.5. The molecule has 1 aliphatic heterocycles. The highest BCUT2D eigenvalue weighted by molar-refractivity contribution is 6.02. The van der Waals surface area contributed by atoms with Gasteiger partial charge in [-0.15, -0.1) is 0 Å². The van der Waals surface area contributed by atoms with Gasteiger partial charge in [0, 0.05) is 29.3 Å². The fourth-order valence-corrected chi connectivity index (χ4v) is 4.38. The van der Waals surface area contributed by atoms with Gasteiger partial charge in [0.15, 0.2) is 5.60 Å².